The molecule has 0 aromatic rings. The van der Waals surface area contributed by atoms with E-state index in [1.807, 2.05) is 0 Å². The van der Waals surface area contributed by atoms with Crippen molar-refractivity contribution in [1.29, 1.82) is 0 Å². The monoisotopic (exact) mass is 182 g/mol. The molecule has 0 N–H and O–H groups in total. The van der Waals surface area contributed by atoms with E-state index in [4.69, 9.17) is 0 Å². The first-order valence-corrected chi connectivity index (χ1v) is 0. The van der Waals surface area contributed by atoms with Crippen molar-refractivity contribution in [2.45, 2.75) is 0 Å². The van der Waals surface area contributed by atoms with E-state index in [1.165, 1.54) is 0 Å². The first-order valence-electron chi connectivity index (χ1n) is 0. The molecule has 0 heterocycles. The van der Waals surface area contributed by atoms with Crippen LogP contribution in [0.5, 0.6) is 0 Å². The Kier molecular flexibility index (Phi) is 301. The minimum Gasteiger partial charge on any atom is -2.00 e. The minimum atomic E-state index is 0. The first kappa shape index (κ1) is 49.3. The van der Waals surface area contributed by atoms with Crippen molar-refractivity contribution in [3.8, 4) is 0 Å². The molecule has 0 aliphatic carbocycles. The Labute approximate surface area is 56.4 Å². The fraction of sp³-hybridized carbons (Fsp3) is 0. The predicted octanol–water partition coefficient (Wildman–Crippen LogP) is -0.126. The standard InChI is InChI=1S/Cr.Fe.Ni.O/q+3;2*+2;-2. The van der Waals surface area contributed by atoms with Crippen molar-refractivity contribution in [3.05, 3.63) is 0 Å². The van der Waals surface area contributed by atoms with Crippen LogP contribution in [0.2, 0.25) is 0 Å². The summed E-state index contributed by atoms with van der Waals surface area (Å²) in [5.74, 6) is 0. The van der Waals surface area contributed by atoms with Crippen molar-refractivity contribution < 1.29 is 56.4 Å². The van der Waals surface area contributed by atoms with Crippen LogP contribution in [0.15, 0.2) is 0 Å². The van der Waals surface area contributed by atoms with E-state index < -0.39 is 0 Å². The van der Waals surface area contributed by atoms with Gasteiger partial charge in [0.25, 0.3) is 0 Å². The van der Waals surface area contributed by atoms with Crippen molar-refractivity contribution in [3.63, 3.8) is 0 Å². The minimum absolute atomic E-state index is 0. The third-order valence-electron chi connectivity index (χ3n) is 0. The molecular weight excluding hydrogens is 183 g/mol. The molecule has 0 unspecified atom stereocenters. The fourth-order valence-corrected chi connectivity index (χ4v) is 0. The molecule has 0 atom stereocenters. The summed E-state index contributed by atoms with van der Waals surface area (Å²) in [7, 11) is 0. The molecule has 0 spiro atoms. The van der Waals surface area contributed by atoms with Gasteiger partial charge in [0.2, 0.25) is 0 Å². The van der Waals surface area contributed by atoms with Gasteiger partial charge < -0.3 is 5.48 Å². The zero-order chi connectivity index (χ0) is 0. The predicted molar refractivity (Wildman–Crippen MR) is 0.686 cm³/mol. The van der Waals surface area contributed by atoms with Crippen LogP contribution in [0.3, 0.4) is 0 Å². The summed E-state index contributed by atoms with van der Waals surface area (Å²) < 4.78 is 0. The number of rotatable bonds is 0. The summed E-state index contributed by atoms with van der Waals surface area (Å²) in [5, 5.41) is 0. The molecule has 1 nitrogen and oxygen atoms in total. The Morgan fingerprint density at radius 2 is 1.00 bits per heavy atom. The Morgan fingerprint density at radius 3 is 1.00 bits per heavy atom. The molecule has 1 radical (unpaired) electrons. The summed E-state index contributed by atoms with van der Waals surface area (Å²) in [6.45, 7) is 0. The summed E-state index contributed by atoms with van der Waals surface area (Å²) in [6, 6.07) is 0. The Balaban J connectivity index is 0. The fourth-order valence-electron chi connectivity index (χ4n) is 0. The van der Waals surface area contributed by atoms with Crippen LogP contribution in [-0.2, 0) is 56.4 Å². The topological polar surface area (TPSA) is 28.5 Å². The van der Waals surface area contributed by atoms with Crippen LogP contribution in [-0.4, -0.2) is 0 Å². The van der Waals surface area contributed by atoms with E-state index in [0.29, 0.717) is 0 Å². The number of hydrogen-bond donors (Lipinski definition) is 0. The Hall–Kier alpha value is 1.51. The molecule has 0 aromatic heterocycles. The molecule has 0 aliphatic heterocycles. The van der Waals surface area contributed by atoms with Crippen LogP contribution < -0.4 is 0 Å². The average molecular weight is 183 g/mol. The second-order valence-corrected chi connectivity index (χ2v) is 0. The van der Waals surface area contributed by atoms with Gasteiger partial charge in [0, 0.05) is 0 Å². The summed E-state index contributed by atoms with van der Waals surface area (Å²) in [5.41, 5.74) is 0. The molecule has 4 heteroatoms. The molecule has 4 heavy (non-hydrogen) atoms. The Morgan fingerprint density at radius 1 is 1.00 bits per heavy atom. The van der Waals surface area contributed by atoms with Gasteiger partial charge in [-0.1, -0.05) is 0 Å². The van der Waals surface area contributed by atoms with Crippen LogP contribution in [0.25, 0.3) is 0 Å². The van der Waals surface area contributed by atoms with Crippen LogP contribution in [0.1, 0.15) is 0 Å². The van der Waals surface area contributed by atoms with E-state index in [-0.39, 0.29) is 56.4 Å². The summed E-state index contributed by atoms with van der Waals surface area (Å²) in [4.78, 5) is 0. The molecule has 0 saturated heterocycles. The molecule has 0 rings (SSSR count). The van der Waals surface area contributed by atoms with Crippen molar-refractivity contribution in [1.82, 2.24) is 0 Å². The van der Waals surface area contributed by atoms with Gasteiger partial charge in [0.15, 0.2) is 0 Å². The molecule has 0 bridgehead atoms. The third-order valence-corrected chi connectivity index (χ3v) is 0. The normalized spacial score (nSPS) is 0. The van der Waals surface area contributed by atoms with Gasteiger partial charge in [0.1, 0.15) is 0 Å². The average Bonchev–Trinajstić information content (AvgIpc) is 0. The van der Waals surface area contributed by atoms with E-state index in [1.54, 1.807) is 0 Å². The van der Waals surface area contributed by atoms with Crippen molar-refractivity contribution in [2.75, 3.05) is 0 Å². The molecule has 0 aromatic carbocycles. The second kappa shape index (κ2) is 24.4. The zero-order valence-electron chi connectivity index (χ0n) is 1.49. The van der Waals surface area contributed by atoms with Crippen molar-refractivity contribution in [2.24, 2.45) is 0 Å². The maximum atomic E-state index is 0. The largest absolute Gasteiger partial charge is 3.00 e. The molecule has 0 saturated carbocycles. The quantitative estimate of drug-likeness (QED) is 0.467. The van der Waals surface area contributed by atoms with E-state index in [9.17, 15) is 0 Å². The Bertz CT molecular complexity index is 8.00. The smallest absolute Gasteiger partial charge is 2.00 e. The van der Waals surface area contributed by atoms with Gasteiger partial charge in [-0.05, 0) is 0 Å². The van der Waals surface area contributed by atoms with Gasteiger partial charge in [0.05, 0.1) is 0 Å². The SMILES string of the molecule is [Cr+3].[Fe+2].[Ni+2].[O-2]. The second-order valence-electron chi connectivity index (χ2n) is 0. The van der Waals surface area contributed by atoms with E-state index in [2.05, 4.69) is 0 Å². The van der Waals surface area contributed by atoms with Gasteiger partial charge >= 0.3 is 50.9 Å². The summed E-state index contributed by atoms with van der Waals surface area (Å²) in [6.07, 6.45) is 0. The summed E-state index contributed by atoms with van der Waals surface area (Å²) >= 11 is 0. The maximum Gasteiger partial charge on any atom is 3.00 e. The van der Waals surface area contributed by atoms with Gasteiger partial charge in [-0.15, -0.1) is 0 Å². The third kappa shape index (κ3) is 9.71. The van der Waals surface area contributed by atoms with Gasteiger partial charge in [-0.25, -0.2) is 0 Å². The number of hydrogen-bond acceptors (Lipinski definition) is 0. The van der Waals surface area contributed by atoms with Crippen LogP contribution in [0, 0.1) is 0 Å². The maximum absolute atomic E-state index is 0. The zero-order valence-corrected chi connectivity index (χ0v) is 4.85. The molecular formula is CrFeNiO+5. The van der Waals surface area contributed by atoms with Crippen molar-refractivity contribution >= 4 is 0 Å². The van der Waals surface area contributed by atoms with Crippen LogP contribution >= 0.6 is 0 Å². The van der Waals surface area contributed by atoms with Crippen LogP contribution in [0.4, 0.5) is 0 Å². The van der Waals surface area contributed by atoms with E-state index in [0.717, 1.165) is 0 Å². The van der Waals surface area contributed by atoms with Gasteiger partial charge in [-0.3, -0.25) is 0 Å². The molecule has 0 fully saturated rings. The van der Waals surface area contributed by atoms with E-state index >= 15 is 0 Å². The van der Waals surface area contributed by atoms with Gasteiger partial charge in [-0.2, -0.15) is 0 Å². The molecule has 0 amide bonds. The first-order chi connectivity index (χ1) is 0. The molecule has 0 aliphatic rings. The molecule has 25 valence electrons.